The van der Waals surface area contributed by atoms with E-state index in [1.54, 1.807) is 29.1 Å². The summed E-state index contributed by atoms with van der Waals surface area (Å²) in [7, 11) is 3.00. The van der Waals surface area contributed by atoms with Crippen LogP contribution in [0.3, 0.4) is 0 Å². The molecule has 4 aromatic carbocycles. The van der Waals surface area contributed by atoms with Crippen LogP contribution in [-0.2, 0) is 0 Å². The number of carbonyl (C=O) groups excluding carboxylic acids is 2. The second kappa shape index (κ2) is 10.1. The molecule has 2 heterocycles. The van der Waals surface area contributed by atoms with Gasteiger partial charge in [0.2, 0.25) is 5.89 Å². The van der Waals surface area contributed by atoms with Gasteiger partial charge in [0.05, 0.1) is 42.7 Å². The summed E-state index contributed by atoms with van der Waals surface area (Å²) in [4.78, 5) is 27.6. The molecule has 41 heavy (non-hydrogen) atoms. The van der Waals surface area contributed by atoms with Crippen LogP contribution in [0.1, 0.15) is 31.8 Å². The van der Waals surface area contributed by atoms with E-state index in [1.807, 2.05) is 43.3 Å². The normalized spacial score (nSPS) is 11.0. The van der Waals surface area contributed by atoms with Crippen LogP contribution < -0.4 is 9.47 Å². The minimum Gasteiger partial charge on any atom is -0.496 e. The zero-order valence-corrected chi connectivity index (χ0v) is 22.3. The molecular weight excluding hydrogens is 520 g/mol. The van der Waals surface area contributed by atoms with E-state index in [1.165, 1.54) is 20.3 Å². The molecule has 0 aliphatic rings. The number of nitrogens with zero attached hydrogens (tertiary/aromatic N) is 4. The maximum Gasteiger partial charge on any atom is 0.227 e. The molecule has 0 aliphatic carbocycles. The van der Waals surface area contributed by atoms with Crippen molar-refractivity contribution in [2.24, 2.45) is 0 Å². The van der Waals surface area contributed by atoms with Gasteiger partial charge < -0.3 is 13.9 Å². The molecule has 2 aromatic heterocycles. The van der Waals surface area contributed by atoms with Gasteiger partial charge in [-0.2, -0.15) is 10.4 Å². The van der Waals surface area contributed by atoms with Gasteiger partial charge in [-0.05, 0) is 47.9 Å². The lowest BCUT2D eigenvalue weighted by molar-refractivity contribution is 0.111. The molecule has 200 valence electrons. The Kier molecular flexibility index (Phi) is 6.28. The van der Waals surface area contributed by atoms with Gasteiger partial charge in [-0.25, -0.2) is 9.67 Å². The van der Waals surface area contributed by atoms with E-state index in [9.17, 15) is 14.9 Å². The summed E-state index contributed by atoms with van der Waals surface area (Å²) in [5.41, 5.74) is 6.84. The average molecular weight is 543 g/mol. The maximum atomic E-state index is 11.6. The van der Waals surface area contributed by atoms with Crippen molar-refractivity contribution in [1.29, 1.82) is 5.26 Å². The summed E-state index contributed by atoms with van der Waals surface area (Å²) in [5, 5.41) is 15.1. The Morgan fingerprint density at radius 3 is 2.32 bits per heavy atom. The number of carbonyl (C=O) groups is 2. The molecule has 0 radical (unpaired) electrons. The second-order valence-electron chi connectivity index (χ2n) is 9.32. The number of oxazole rings is 1. The highest BCUT2D eigenvalue weighted by molar-refractivity contribution is 5.97. The summed E-state index contributed by atoms with van der Waals surface area (Å²) in [6.07, 6.45) is 3.18. The molecular formula is C32H22N4O5. The molecule has 0 fully saturated rings. The van der Waals surface area contributed by atoms with Crippen molar-refractivity contribution in [1.82, 2.24) is 14.8 Å². The molecule has 9 heteroatoms. The third-order valence-electron chi connectivity index (χ3n) is 7.13. The molecule has 0 spiro atoms. The molecule has 0 amide bonds. The Labute approximate surface area is 234 Å². The van der Waals surface area contributed by atoms with E-state index in [0.29, 0.717) is 57.9 Å². The number of rotatable bonds is 7. The Hall–Kier alpha value is -5.75. The summed E-state index contributed by atoms with van der Waals surface area (Å²) in [5.74, 6) is 1.13. The Balaban J connectivity index is 1.49. The van der Waals surface area contributed by atoms with Crippen LogP contribution in [0.15, 0.2) is 71.3 Å². The second-order valence-corrected chi connectivity index (χ2v) is 9.32. The highest BCUT2D eigenvalue weighted by Gasteiger charge is 2.19. The summed E-state index contributed by atoms with van der Waals surface area (Å²) in [6, 6.07) is 20.5. The van der Waals surface area contributed by atoms with Gasteiger partial charge in [0.15, 0.2) is 11.9 Å². The minimum absolute atomic E-state index is 0.253. The highest BCUT2D eigenvalue weighted by atomic mass is 16.5. The average Bonchev–Trinajstić information content (AvgIpc) is 3.64. The molecule has 0 atom stereocenters. The highest BCUT2D eigenvalue weighted by Crippen LogP contribution is 2.38. The van der Waals surface area contributed by atoms with Crippen molar-refractivity contribution in [3.8, 4) is 45.8 Å². The van der Waals surface area contributed by atoms with Crippen molar-refractivity contribution < 1.29 is 23.5 Å². The minimum atomic E-state index is 0.253. The lowest BCUT2D eigenvalue weighted by Gasteiger charge is -2.13. The quantitative estimate of drug-likeness (QED) is 0.215. The molecule has 0 unspecified atom stereocenters. The van der Waals surface area contributed by atoms with E-state index in [-0.39, 0.29) is 5.56 Å². The van der Waals surface area contributed by atoms with Gasteiger partial charge in [-0.3, -0.25) is 9.59 Å². The molecule has 9 nitrogen and oxygen atoms in total. The Bertz CT molecular complexity index is 2020. The smallest absolute Gasteiger partial charge is 0.227 e. The lowest BCUT2D eigenvalue weighted by Crippen LogP contribution is -2.01. The van der Waals surface area contributed by atoms with Gasteiger partial charge in [0.25, 0.3) is 0 Å². The fourth-order valence-electron chi connectivity index (χ4n) is 5.13. The monoisotopic (exact) mass is 542 g/mol. The number of fused-ring (bicyclic) bond motifs is 2. The van der Waals surface area contributed by atoms with Crippen LogP contribution in [-0.4, -0.2) is 41.6 Å². The number of nitriles is 1. The number of hydrogen-bond acceptors (Lipinski definition) is 8. The number of aromatic nitrogens is 3. The zero-order chi connectivity index (χ0) is 28.7. The standard InChI is InChI=1S/C32H22N4O5/c1-18-22(6-4-7-23(18)32-35-27-11-19(16-37)10-20(14-33)31(27)41-32)24-8-5-9-28-25(24)15-34-36(28)21-12-29(39-2)26(17-38)30(13-21)40-3/h4-13,15-17H,1-3H3. The van der Waals surface area contributed by atoms with E-state index >= 15 is 0 Å². The van der Waals surface area contributed by atoms with Crippen LogP contribution in [0, 0.1) is 18.3 Å². The van der Waals surface area contributed by atoms with E-state index in [2.05, 4.69) is 16.2 Å². The molecule has 6 rings (SSSR count). The third kappa shape index (κ3) is 4.10. The van der Waals surface area contributed by atoms with Crippen molar-refractivity contribution in [3.05, 3.63) is 89.1 Å². The number of hydrogen-bond donors (Lipinski definition) is 0. The van der Waals surface area contributed by atoms with Crippen LogP contribution in [0.5, 0.6) is 11.5 Å². The predicted molar refractivity (Wildman–Crippen MR) is 153 cm³/mol. The summed E-state index contributed by atoms with van der Waals surface area (Å²) >= 11 is 0. The first-order valence-corrected chi connectivity index (χ1v) is 12.6. The van der Waals surface area contributed by atoms with Gasteiger partial charge in [0, 0.05) is 28.6 Å². The van der Waals surface area contributed by atoms with Gasteiger partial charge >= 0.3 is 0 Å². The maximum absolute atomic E-state index is 11.6. The number of benzene rings is 4. The van der Waals surface area contributed by atoms with Gasteiger partial charge in [-0.15, -0.1) is 0 Å². The van der Waals surface area contributed by atoms with Crippen molar-refractivity contribution in [3.63, 3.8) is 0 Å². The van der Waals surface area contributed by atoms with Crippen LogP contribution in [0.25, 0.3) is 50.3 Å². The number of ether oxygens (including phenoxy) is 2. The van der Waals surface area contributed by atoms with E-state index in [0.717, 1.165) is 33.2 Å². The molecule has 6 aromatic rings. The van der Waals surface area contributed by atoms with Crippen molar-refractivity contribution >= 4 is 34.6 Å². The zero-order valence-electron chi connectivity index (χ0n) is 22.3. The molecule has 0 N–H and O–H groups in total. The molecule has 0 aliphatic heterocycles. The number of aldehydes is 2. The predicted octanol–water partition coefficient (Wildman–Crippen LogP) is 6.32. The lowest BCUT2D eigenvalue weighted by atomic mass is 9.94. The topological polar surface area (TPSA) is 120 Å². The fraction of sp³-hybridized carbons (Fsp3) is 0.0938. The van der Waals surface area contributed by atoms with Crippen LogP contribution in [0.4, 0.5) is 0 Å². The van der Waals surface area contributed by atoms with Gasteiger partial charge in [0.1, 0.15) is 29.4 Å². The van der Waals surface area contributed by atoms with Gasteiger partial charge in [-0.1, -0.05) is 24.3 Å². The largest absolute Gasteiger partial charge is 0.496 e. The number of methoxy groups -OCH3 is 2. The molecule has 0 bridgehead atoms. The van der Waals surface area contributed by atoms with Crippen molar-refractivity contribution in [2.75, 3.05) is 14.2 Å². The van der Waals surface area contributed by atoms with Crippen LogP contribution >= 0.6 is 0 Å². The molecule has 0 saturated carbocycles. The Morgan fingerprint density at radius 1 is 0.927 bits per heavy atom. The summed E-state index contributed by atoms with van der Waals surface area (Å²) < 4.78 is 18.7. The molecule has 0 saturated heterocycles. The van der Waals surface area contributed by atoms with Crippen molar-refractivity contribution in [2.45, 2.75) is 6.92 Å². The third-order valence-corrected chi connectivity index (χ3v) is 7.13. The first-order chi connectivity index (χ1) is 20.0. The van der Waals surface area contributed by atoms with E-state index < -0.39 is 0 Å². The first kappa shape index (κ1) is 25.5. The fourth-order valence-corrected chi connectivity index (χ4v) is 5.13. The first-order valence-electron chi connectivity index (χ1n) is 12.6. The summed E-state index contributed by atoms with van der Waals surface area (Å²) in [6.45, 7) is 1.98. The SMILES string of the molecule is COc1cc(-n2ncc3c(-c4cccc(-c5nc6cc(C=O)cc(C#N)c6o5)c4C)cccc32)cc(OC)c1C=O. The van der Waals surface area contributed by atoms with Crippen LogP contribution in [0.2, 0.25) is 0 Å². The van der Waals surface area contributed by atoms with E-state index in [4.69, 9.17) is 13.9 Å². The Morgan fingerprint density at radius 2 is 1.63 bits per heavy atom.